The summed E-state index contributed by atoms with van der Waals surface area (Å²) in [6, 6.07) is 11.3. The zero-order chi connectivity index (χ0) is 14.8. The van der Waals surface area contributed by atoms with Crippen molar-refractivity contribution in [3.63, 3.8) is 0 Å². The van der Waals surface area contributed by atoms with Crippen molar-refractivity contribution < 1.29 is 17.6 Å². The SMILES string of the molecule is O=C(CS(=O)(=O)c1ccc(Br)cc1)c1ccccc1F. The van der Waals surface area contributed by atoms with E-state index in [1.165, 1.54) is 30.3 Å². The van der Waals surface area contributed by atoms with E-state index in [1.807, 2.05) is 0 Å². The third-order valence-electron chi connectivity index (χ3n) is 2.67. The Kier molecular flexibility index (Phi) is 4.35. The van der Waals surface area contributed by atoms with E-state index in [0.717, 1.165) is 10.5 Å². The van der Waals surface area contributed by atoms with E-state index in [1.54, 1.807) is 12.1 Å². The van der Waals surface area contributed by atoms with E-state index in [4.69, 9.17) is 0 Å². The fourth-order valence-electron chi connectivity index (χ4n) is 1.66. The van der Waals surface area contributed by atoms with Crippen LogP contribution in [-0.2, 0) is 9.84 Å². The van der Waals surface area contributed by atoms with Gasteiger partial charge in [0, 0.05) is 4.47 Å². The highest BCUT2D eigenvalue weighted by Gasteiger charge is 2.22. The molecule has 0 spiro atoms. The number of hydrogen-bond acceptors (Lipinski definition) is 3. The van der Waals surface area contributed by atoms with Crippen LogP contribution in [0.2, 0.25) is 0 Å². The average Bonchev–Trinajstić information content (AvgIpc) is 2.39. The first-order valence-electron chi connectivity index (χ1n) is 5.66. The monoisotopic (exact) mass is 356 g/mol. The molecule has 0 aliphatic carbocycles. The summed E-state index contributed by atoms with van der Waals surface area (Å²) < 4.78 is 38.3. The maximum Gasteiger partial charge on any atom is 0.185 e. The van der Waals surface area contributed by atoms with Crippen molar-refractivity contribution in [2.45, 2.75) is 4.90 Å². The average molecular weight is 357 g/mol. The first-order valence-corrected chi connectivity index (χ1v) is 8.11. The number of sulfone groups is 1. The molecule has 0 saturated heterocycles. The van der Waals surface area contributed by atoms with Crippen LogP contribution in [0.5, 0.6) is 0 Å². The van der Waals surface area contributed by atoms with Gasteiger partial charge < -0.3 is 0 Å². The van der Waals surface area contributed by atoms with Gasteiger partial charge in [-0.1, -0.05) is 28.1 Å². The molecular weight excluding hydrogens is 347 g/mol. The minimum absolute atomic E-state index is 0.0328. The van der Waals surface area contributed by atoms with Crippen molar-refractivity contribution in [1.82, 2.24) is 0 Å². The molecule has 20 heavy (non-hydrogen) atoms. The standard InChI is InChI=1S/C14H10BrFO3S/c15-10-5-7-11(8-6-10)20(18,19)9-14(17)12-3-1-2-4-13(12)16/h1-8H,9H2. The summed E-state index contributed by atoms with van der Waals surface area (Å²) in [5, 5.41) is 0. The van der Waals surface area contributed by atoms with E-state index in [2.05, 4.69) is 15.9 Å². The van der Waals surface area contributed by atoms with Crippen LogP contribution < -0.4 is 0 Å². The minimum Gasteiger partial charge on any atom is -0.293 e. The molecule has 0 aliphatic heterocycles. The highest BCUT2D eigenvalue weighted by Crippen LogP contribution is 2.17. The molecule has 0 unspecified atom stereocenters. The van der Waals surface area contributed by atoms with Gasteiger partial charge in [-0.2, -0.15) is 0 Å². The van der Waals surface area contributed by atoms with Crippen LogP contribution in [0.4, 0.5) is 4.39 Å². The lowest BCUT2D eigenvalue weighted by molar-refractivity contribution is 0.101. The first kappa shape index (κ1) is 14.9. The number of halogens is 2. The molecular formula is C14H10BrFO3S. The molecule has 0 aromatic heterocycles. The summed E-state index contributed by atoms with van der Waals surface area (Å²) in [4.78, 5) is 11.9. The van der Waals surface area contributed by atoms with Gasteiger partial charge in [-0.25, -0.2) is 12.8 Å². The molecule has 2 aromatic carbocycles. The summed E-state index contributed by atoms with van der Waals surface area (Å²) in [7, 11) is -3.78. The zero-order valence-corrected chi connectivity index (χ0v) is 12.6. The number of rotatable bonds is 4. The summed E-state index contributed by atoms with van der Waals surface area (Å²) >= 11 is 3.20. The molecule has 0 bridgehead atoms. The van der Waals surface area contributed by atoms with E-state index in [-0.39, 0.29) is 10.5 Å². The molecule has 104 valence electrons. The molecule has 0 amide bonds. The topological polar surface area (TPSA) is 51.2 Å². The smallest absolute Gasteiger partial charge is 0.185 e. The molecule has 0 fully saturated rings. The Bertz CT molecular complexity index is 739. The number of benzene rings is 2. The number of carbonyl (C=O) groups excluding carboxylic acids is 1. The van der Waals surface area contributed by atoms with E-state index < -0.39 is 27.2 Å². The Morgan fingerprint density at radius 1 is 1.05 bits per heavy atom. The molecule has 0 heterocycles. The second-order valence-corrected chi connectivity index (χ2v) is 7.02. The fraction of sp³-hybridized carbons (Fsp3) is 0.0714. The highest BCUT2D eigenvalue weighted by atomic mass is 79.9. The summed E-state index contributed by atoms with van der Waals surface area (Å²) in [5.74, 6) is -2.23. The predicted octanol–water partition coefficient (Wildman–Crippen LogP) is 3.24. The molecule has 0 saturated carbocycles. The van der Waals surface area contributed by atoms with Crippen LogP contribution in [0, 0.1) is 5.82 Å². The second kappa shape index (κ2) is 5.85. The molecule has 3 nitrogen and oxygen atoms in total. The minimum atomic E-state index is -3.78. The van der Waals surface area contributed by atoms with Crippen molar-refractivity contribution in [3.8, 4) is 0 Å². The van der Waals surface area contributed by atoms with Crippen molar-refractivity contribution in [2.24, 2.45) is 0 Å². The number of hydrogen-bond donors (Lipinski definition) is 0. The lowest BCUT2D eigenvalue weighted by atomic mass is 10.1. The lowest BCUT2D eigenvalue weighted by Gasteiger charge is -2.05. The number of Topliss-reactive ketones (excluding diaryl/α,β-unsaturated/α-hetero) is 1. The predicted molar refractivity (Wildman–Crippen MR) is 76.9 cm³/mol. The van der Waals surface area contributed by atoms with Crippen LogP contribution in [0.15, 0.2) is 57.9 Å². The Hall–Kier alpha value is -1.53. The Morgan fingerprint density at radius 2 is 1.65 bits per heavy atom. The van der Waals surface area contributed by atoms with Crippen LogP contribution in [0.1, 0.15) is 10.4 Å². The van der Waals surface area contributed by atoms with Gasteiger partial charge in [0.1, 0.15) is 11.6 Å². The van der Waals surface area contributed by atoms with Crippen molar-refractivity contribution in [2.75, 3.05) is 5.75 Å². The van der Waals surface area contributed by atoms with E-state index in [9.17, 15) is 17.6 Å². The van der Waals surface area contributed by atoms with E-state index >= 15 is 0 Å². The van der Waals surface area contributed by atoms with Crippen molar-refractivity contribution in [3.05, 3.63) is 64.4 Å². The Morgan fingerprint density at radius 3 is 2.25 bits per heavy atom. The van der Waals surface area contributed by atoms with Gasteiger partial charge in [0.05, 0.1) is 10.5 Å². The van der Waals surface area contributed by atoms with Crippen LogP contribution >= 0.6 is 15.9 Å². The van der Waals surface area contributed by atoms with Gasteiger partial charge in [-0.3, -0.25) is 4.79 Å². The third-order valence-corrected chi connectivity index (χ3v) is 4.83. The maximum atomic E-state index is 13.4. The third kappa shape index (κ3) is 3.32. The molecule has 6 heteroatoms. The largest absolute Gasteiger partial charge is 0.293 e. The zero-order valence-electron chi connectivity index (χ0n) is 10.2. The number of ketones is 1. The number of carbonyl (C=O) groups is 1. The van der Waals surface area contributed by atoms with Gasteiger partial charge in [-0.15, -0.1) is 0 Å². The van der Waals surface area contributed by atoms with Gasteiger partial charge in [0.2, 0.25) is 0 Å². The molecule has 0 atom stereocenters. The normalized spacial score (nSPS) is 11.3. The van der Waals surface area contributed by atoms with Crippen LogP contribution in [-0.4, -0.2) is 20.0 Å². The lowest BCUT2D eigenvalue weighted by Crippen LogP contribution is -2.17. The molecule has 2 rings (SSSR count). The maximum absolute atomic E-state index is 13.4. The van der Waals surface area contributed by atoms with Gasteiger partial charge in [0.25, 0.3) is 0 Å². The first-order chi connectivity index (χ1) is 9.40. The van der Waals surface area contributed by atoms with Gasteiger partial charge in [0.15, 0.2) is 15.6 Å². The second-order valence-electron chi connectivity index (χ2n) is 4.12. The van der Waals surface area contributed by atoms with Crippen molar-refractivity contribution >= 4 is 31.6 Å². The van der Waals surface area contributed by atoms with E-state index in [0.29, 0.717) is 0 Å². The van der Waals surface area contributed by atoms with Crippen LogP contribution in [0.3, 0.4) is 0 Å². The Labute approximate surface area is 124 Å². The van der Waals surface area contributed by atoms with Crippen molar-refractivity contribution in [1.29, 1.82) is 0 Å². The molecule has 0 N–H and O–H groups in total. The summed E-state index contributed by atoms with van der Waals surface area (Å²) in [6.45, 7) is 0. The molecule has 0 aliphatic rings. The summed E-state index contributed by atoms with van der Waals surface area (Å²) in [5.41, 5.74) is -0.215. The Balaban J connectivity index is 2.27. The van der Waals surface area contributed by atoms with Crippen LogP contribution in [0.25, 0.3) is 0 Å². The van der Waals surface area contributed by atoms with Gasteiger partial charge >= 0.3 is 0 Å². The fourth-order valence-corrected chi connectivity index (χ4v) is 3.15. The van der Waals surface area contributed by atoms with Gasteiger partial charge in [-0.05, 0) is 36.4 Å². The summed E-state index contributed by atoms with van der Waals surface area (Å²) in [6.07, 6.45) is 0. The molecule has 0 radical (unpaired) electrons. The highest BCUT2D eigenvalue weighted by molar-refractivity contribution is 9.10. The quantitative estimate of drug-likeness (QED) is 0.790. The molecule has 2 aromatic rings.